The van der Waals surface area contributed by atoms with Crippen LogP contribution in [0.4, 0.5) is 10.1 Å². The molecule has 0 aliphatic carbocycles. The van der Waals surface area contributed by atoms with Crippen LogP contribution < -0.4 is 5.32 Å². The summed E-state index contributed by atoms with van der Waals surface area (Å²) in [4.78, 5) is 25.6. The Morgan fingerprint density at radius 2 is 1.94 bits per heavy atom. The maximum absolute atomic E-state index is 13.9. The van der Waals surface area contributed by atoms with Gasteiger partial charge in [0.2, 0.25) is 5.91 Å². The summed E-state index contributed by atoms with van der Waals surface area (Å²) >= 11 is 1.53. The van der Waals surface area contributed by atoms with Crippen LogP contribution in [0.3, 0.4) is 0 Å². The minimum Gasteiger partial charge on any atom is -0.461 e. The molecule has 1 N–H and O–H groups in total. The summed E-state index contributed by atoms with van der Waals surface area (Å²) in [6.45, 7) is 1.93. The lowest BCUT2D eigenvalue weighted by atomic mass is 10.1. The second kappa shape index (κ2) is 9.57. The highest BCUT2D eigenvalue weighted by Crippen LogP contribution is 2.27. The van der Waals surface area contributed by atoms with Crippen LogP contribution in [0.25, 0.3) is 16.9 Å². The molecule has 1 amide bonds. The first-order valence-corrected chi connectivity index (χ1v) is 10.9. The molecule has 0 aliphatic rings. The van der Waals surface area contributed by atoms with Crippen LogP contribution in [0, 0.1) is 5.82 Å². The smallest absolute Gasteiger partial charge is 0.358 e. The van der Waals surface area contributed by atoms with Crippen molar-refractivity contribution in [2.75, 3.05) is 11.9 Å². The number of carbonyl (C=O) groups excluding carboxylic acids is 2. The number of halogens is 1. The van der Waals surface area contributed by atoms with Crippen molar-refractivity contribution < 1.29 is 18.7 Å². The molecular weight excluding hydrogens is 429 g/mol. The zero-order valence-electron chi connectivity index (χ0n) is 17.2. The third kappa shape index (κ3) is 4.92. The van der Waals surface area contributed by atoms with Crippen molar-refractivity contribution in [1.82, 2.24) is 9.78 Å². The Balaban J connectivity index is 1.68. The van der Waals surface area contributed by atoms with E-state index in [2.05, 4.69) is 10.4 Å². The van der Waals surface area contributed by atoms with Gasteiger partial charge in [-0.05, 0) is 54.8 Å². The lowest BCUT2D eigenvalue weighted by Crippen LogP contribution is -2.13. The van der Waals surface area contributed by atoms with E-state index in [4.69, 9.17) is 4.74 Å². The topological polar surface area (TPSA) is 73.2 Å². The third-order valence-electron chi connectivity index (χ3n) is 4.60. The lowest BCUT2D eigenvalue weighted by Gasteiger charge is -2.10. The summed E-state index contributed by atoms with van der Waals surface area (Å²) in [5, 5.41) is 9.17. The molecule has 0 fully saturated rings. The van der Waals surface area contributed by atoms with E-state index >= 15 is 0 Å². The average molecular weight is 450 g/mol. The molecule has 0 radical (unpaired) electrons. The molecule has 0 unspecified atom stereocenters. The fraction of sp³-hybridized carbons (Fsp3) is 0.125. The van der Waals surface area contributed by atoms with E-state index in [-0.39, 0.29) is 24.6 Å². The summed E-state index contributed by atoms with van der Waals surface area (Å²) in [6, 6.07) is 18.5. The number of esters is 1. The molecule has 32 heavy (non-hydrogen) atoms. The molecule has 0 saturated carbocycles. The summed E-state index contributed by atoms with van der Waals surface area (Å²) in [6.07, 6.45) is 0.288. The second-order valence-electron chi connectivity index (χ2n) is 6.91. The summed E-state index contributed by atoms with van der Waals surface area (Å²) < 4.78 is 20.4. The fourth-order valence-electron chi connectivity index (χ4n) is 3.23. The van der Waals surface area contributed by atoms with Gasteiger partial charge in [-0.2, -0.15) is 5.10 Å². The number of hydrogen-bond acceptors (Lipinski definition) is 5. The predicted octanol–water partition coefficient (Wildman–Crippen LogP) is 5.10. The molecule has 4 rings (SSSR count). The minimum atomic E-state index is -0.565. The van der Waals surface area contributed by atoms with Crippen molar-refractivity contribution in [3.8, 4) is 16.9 Å². The number of aromatic nitrogens is 2. The van der Waals surface area contributed by atoms with E-state index in [9.17, 15) is 14.0 Å². The van der Waals surface area contributed by atoms with E-state index in [0.29, 0.717) is 22.6 Å². The largest absolute Gasteiger partial charge is 0.461 e. The van der Waals surface area contributed by atoms with E-state index in [1.807, 2.05) is 23.6 Å². The van der Waals surface area contributed by atoms with Crippen molar-refractivity contribution >= 4 is 28.9 Å². The number of nitrogens with zero attached hydrogens (tertiary/aromatic N) is 2. The van der Waals surface area contributed by atoms with Gasteiger partial charge >= 0.3 is 5.97 Å². The number of benzene rings is 2. The number of anilines is 1. The first-order valence-electron chi connectivity index (χ1n) is 9.99. The third-order valence-corrected chi connectivity index (χ3v) is 5.48. The second-order valence-corrected chi connectivity index (χ2v) is 7.94. The van der Waals surface area contributed by atoms with Crippen LogP contribution in [0.5, 0.6) is 0 Å². The SMILES string of the molecule is CCOC(=O)c1cc(-c2cccc(NC(=O)Cc3cccs3)c2)n(-c2cccc(F)c2)n1. The highest BCUT2D eigenvalue weighted by Gasteiger charge is 2.18. The highest BCUT2D eigenvalue weighted by atomic mass is 32.1. The molecule has 0 bridgehead atoms. The van der Waals surface area contributed by atoms with Gasteiger partial charge in [-0.3, -0.25) is 4.79 Å². The van der Waals surface area contributed by atoms with Gasteiger partial charge < -0.3 is 10.1 Å². The van der Waals surface area contributed by atoms with Crippen LogP contribution in [0.15, 0.2) is 72.1 Å². The van der Waals surface area contributed by atoms with Gasteiger partial charge in [0, 0.05) is 16.1 Å². The lowest BCUT2D eigenvalue weighted by molar-refractivity contribution is -0.115. The van der Waals surface area contributed by atoms with Gasteiger partial charge in [-0.1, -0.05) is 24.3 Å². The van der Waals surface area contributed by atoms with Gasteiger partial charge in [0.25, 0.3) is 0 Å². The highest BCUT2D eigenvalue weighted by molar-refractivity contribution is 7.10. The maximum atomic E-state index is 13.9. The van der Waals surface area contributed by atoms with Crippen LogP contribution >= 0.6 is 11.3 Å². The Kier molecular flexibility index (Phi) is 6.42. The van der Waals surface area contributed by atoms with E-state index < -0.39 is 11.8 Å². The van der Waals surface area contributed by atoms with Gasteiger partial charge in [0.15, 0.2) is 5.69 Å². The number of rotatable bonds is 7. The molecule has 0 atom stereocenters. The van der Waals surface area contributed by atoms with Gasteiger partial charge in [-0.25, -0.2) is 13.9 Å². The molecule has 162 valence electrons. The van der Waals surface area contributed by atoms with Crippen LogP contribution in [0.1, 0.15) is 22.3 Å². The van der Waals surface area contributed by atoms with Gasteiger partial charge in [0.05, 0.1) is 24.4 Å². The molecule has 0 saturated heterocycles. The molecule has 0 aliphatic heterocycles. The van der Waals surface area contributed by atoms with Crippen molar-refractivity contribution in [3.05, 3.63) is 88.5 Å². The zero-order valence-corrected chi connectivity index (χ0v) is 18.1. The Hall–Kier alpha value is -3.78. The summed E-state index contributed by atoms with van der Waals surface area (Å²) in [5.74, 6) is -1.11. The molecule has 2 aromatic heterocycles. The number of ether oxygens (including phenoxy) is 1. The molecule has 2 aromatic carbocycles. The van der Waals surface area contributed by atoms with E-state index in [1.54, 1.807) is 43.3 Å². The maximum Gasteiger partial charge on any atom is 0.358 e. The molecule has 2 heterocycles. The quantitative estimate of drug-likeness (QED) is 0.399. The average Bonchev–Trinajstić information content (AvgIpc) is 3.44. The van der Waals surface area contributed by atoms with Crippen LogP contribution in [-0.2, 0) is 16.0 Å². The predicted molar refractivity (Wildman–Crippen MR) is 122 cm³/mol. The van der Waals surface area contributed by atoms with Gasteiger partial charge in [-0.15, -0.1) is 11.3 Å². The first-order chi connectivity index (χ1) is 15.5. The number of amides is 1. The molecule has 4 aromatic rings. The van der Waals surface area contributed by atoms with E-state index in [0.717, 1.165) is 4.88 Å². The molecule has 8 heteroatoms. The normalized spacial score (nSPS) is 10.7. The molecule has 0 spiro atoms. The molecular formula is C24H20FN3O3S. The molecule has 6 nitrogen and oxygen atoms in total. The van der Waals surface area contributed by atoms with Gasteiger partial charge in [0.1, 0.15) is 5.82 Å². The van der Waals surface area contributed by atoms with Crippen molar-refractivity contribution in [2.45, 2.75) is 13.3 Å². The van der Waals surface area contributed by atoms with Crippen molar-refractivity contribution in [3.63, 3.8) is 0 Å². The number of carbonyl (C=O) groups is 2. The Morgan fingerprint density at radius 3 is 2.69 bits per heavy atom. The Labute approximate surface area is 188 Å². The minimum absolute atomic E-state index is 0.109. The van der Waals surface area contributed by atoms with Crippen molar-refractivity contribution in [1.29, 1.82) is 0 Å². The first kappa shape index (κ1) is 21.5. The summed E-state index contributed by atoms with van der Waals surface area (Å²) in [7, 11) is 0. The Bertz CT molecular complexity index is 1250. The van der Waals surface area contributed by atoms with E-state index in [1.165, 1.54) is 28.2 Å². The van der Waals surface area contributed by atoms with Crippen LogP contribution in [0.2, 0.25) is 0 Å². The zero-order chi connectivity index (χ0) is 22.5. The van der Waals surface area contributed by atoms with Crippen molar-refractivity contribution in [2.24, 2.45) is 0 Å². The fourth-order valence-corrected chi connectivity index (χ4v) is 3.93. The number of thiophene rings is 1. The van der Waals surface area contributed by atoms with Crippen LogP contribution in [-0.4, -0.2) is 28.3 Å². The Morgan fingerprint density at radius 1 is 1.09 bits per heavy atom. The monoisotopic (exact) mass is 449 g/mol. The number of nitrogens with one attached hydrogen (secondary N) is 1. The number of hydrogen-bond donors (Lipinski definition) is 1. The standard InChI is InChI=1S/C24H20FN3O3S/c1-2-31-24(30)21-15-22(28(27-21)19-9-4-7-17(25)13-19)16-6-3-8-18(12-16)26-23(29)14-20-10-5-11-32-20/h3-13,15H,2,14H2,1H3,(H,26,29). The summed E-state index contributed by atoms with van der Waals surface area (Å²) in [5.41, 5.74) is 2.44.